The Balaban J connectivity index is 1.41. The van der Waals surface area contributed by atoms with Gasteiger partial charge >= 0.3 is 6.18 Å². The minimum atomic E-state index is -4.31. The van der Waals surface area contributed by atoms with Crippen LogP contribution in [0.4, 0.5) is 23.2 Å². The van der Waals surface area contributed by atoms with Crippen LogP contribution < -0.4 is 5.32 Å². The first-order valence-corrected chi connectivity index (χ1v) is 12.2. The van der Waals surface area contributed by atoms with Crippen molar-refractivity contribution in [2.24, 2.45) is 0 Å². The van der Waals surface area contributed by atoms with E-state index in [2.05, 4.69) is 20.2 Å². The van der Waals surface area contributed by atoms with Crippen LogP contribution in [0.5, 0.6) is 0 Å². The van der Waals surface area contributed by atoms with Crippen LogP contribution in [0.3, 0.4) is 0 Å². The molecule has 2 aromatic heterocycles. The smallest absolute Gasteiger partial charge is 0.380 e. The Morgan fingerprint density at radius 1 is 1.17 bits per heavy atom. The molecule has 188 valence electrons. The van der Waals surface area contributed by atoms with Gasteiger partial charge in [-0.25, -0.2) is 0 Å². The Kier molecular flexibility index (Phi) is 6.72. The molecule has 4 heterocycles. The lowest BCUT2D eigenvalue weighted by molar-refractivity contribution is -0.155. The zero-order valence-corrected chi connectivity index (χ0v) is 19.8. The van der Waals surface area contributed by atoms with E-state index in [0.29, 0.717) is 18.5 Å². The summed E-state index contributed by atoms with van der Waals surface area (Å²) in [6, 6.07) is 10.9. The van der Waals surface area contributed by atoms with Gasteiger partial charge in [-0.05, 0) is 49.9 Å². The molecule has 1 saturated heterocycles. The molecule has 5 rings (SSSR count). The SMILES string of the molecule is C[C@@H]1Cc2c([nH]c3ccccc23)[C@@H](c2ccc(N[C@H]3CCN(CCCF)C3)cn2)N1CC(F)(F)F. The van der Waals surface area contributed by atoms with E-state index in [1.165, 1.54) is 4.90 Å². The van der Waals surface area contributed by atoms with Gasteiger partial charge in [-0.15, -0.1) is 0 Å². The fraction of sp³-hybridized carbons (Fsp3) is 0.500. The van der Waals surface area contributed by atoms with Crippen LogP contribution in [0.25, 0.3) is 10.9 Å². The molecule has 5 nitrogen and oxygen atoms in total. The van der Waals surface area contributed by atoms with Gasteiger partial charge in [-0.1, -0.05) is 18.2 Å². The van der Waals surface area contributed by atoms with Gasteiger partial charge < -0.3 is 15.2 Å². The summed E-state index contributed by atoms with van der Waals surface area (Å²) in [5.74, 6) is 0. The highest BCUT2D eigenvalue weighted by atomic mass is 19.4. The summed E-state index contributed by atoms with van der Waals surface area (Å²) in [7, 11) is 0. The second kappa shape index (κ2) is 9.78. The Labute approximate surface area is 202 Å². The highest BCUT2D eigenvalue weighted by Crippen LogP contribution is 2.41. The molecule has 1 aromatic carbocycles. The Bertz CT molecular complexity index is 1140. The highest BCUT2D eigenvalue weighted by molar-refractivity contribution is 5.85. The van der Waals surface area contributed by atoms with E-state index in [1.807, 2.05) is 43.3 Å². The summed E-state index contributed by atoms with van der Waals surface area (Å²) >= 11 is 0. The first-order chi connectivity index (χ1) is 16.8. The number of pyridine rings is 1. The molecule has 2 N–H and O–H groups in total. The summed E-state index contributed by atoms with van der Waals surface area (Å²) < 4.78 is 53.2. The molecule has 0 radical (unpaired) electrons. The normalized spacial score (nSPS) is 23.6. The van der Waals surface area contributed by atoms with E-state index < -0.39 is 18.8 Å². The number of hydrogen-bond acceptors (Lipinski definition) is 4. The van der Waals surface area contributed by atoms with Crippen LogP contribution in [0.15, 0.2) is 42.6 Å². The van der Waals surface area contributed by atoms with Crippen molar-refractivity contribution in [3.05, 3.63) is 59.5 Å². The van der Waals surface area contributed by atoms with Crippen LogP contribution >= 0.6 is 0 Å². The molecule has 0 unspecified atom stereocenters. The quantitative estimate of drug-likeness (QED) is 0.442. The monoisotopic (exact) mass is 489 g/mol. The number of aromatic amines is 1. The Hall–Kier alpha value is -2.65. The molecule has 0 spiro atoms. The van der Waals surface area contributed by atoms with Crippen LogP contribution in [0, 0.1) is 0 Å². The molecular weight excluding hydrogens is 458 g/mol. The van der Waals surface area contributed by atoms with Crippen LogP contribution in [0.2, 0.25) is 0 Å². The van der Waals surface area contributed by atoms with E-state index in [0.717, 1.165) is 53.9 Å². The van der Waals surface area contributed by atoms with Crippen molar-refractivity contribution in [2.75, 3.05) is 38.2 Å². The van der Waals surface area contributed by atoms with Crippen LogP contribution in [0.1, 0.15) is 42.8 Å². The van der Waals surface area contributed by atoms with Gasteiger partial charge in [-0.2, -0.15) is 13.2 Å². The molecule has 3 atom stereocenters. The van der Waals surface area contributed by atoms with Crippen molar-refractivity contribution in [3.63, 3.8) is 0 Å². The molecular formula is C26H31F4N5. The van der Waals surface area contributed by atoms with Crippen LogP contribution in [-0.4, -0.2) is 70.9 Å². The number of anilines is 1. The van der Waals surface area contributed by atoms with Crippen molar-refractivity contribution in [3.8, 4) is 0 Å². The van der Waals surface area contributed by atoms with E-state index >= 15 is 0 Å². The second-order valence-corrected chi connectivity index (χ2v) is 9.75. The number of aromatic nitrogens is 2. The summed E-state index contributed by atoms with van der Waals surface area (Å²) in [4.78, 5) is 11.8. The topological polar surface area (TPSA) is 47.2 Å². The number of likely N-dealkylation sites (tertiary alicyclic amines) is 1. The van der Waals surface area contributed by atoms with Crippen molar-refractivity contribution >= 4 is 16.6 Å². The fourth-order valence-corrected chi connectivity index (χ4v) is 5.60. The number of para-hydroxylation sites is 1. The standard InChI is InChI=1S/C26H31F4N5/c1-17-13-21-20-5-2-3-6-22(20)33-24(21)25(35(17)16-26(28,29)30)23-8-7-18(14-31-23)32-19-9-12-34(15-19)11-4-10-27/h2-3,5-8,14,17,19,25,32-33H,4,9-13,15-16H2,1H3/t17-,19+,25-/m1/s1. The van der Waals surface area contributed by atoms with Gasteiger partial charge in [0.2, 0.25) is 0 Å². The van der Waals surface area contributed by atoms with E-state index in [4.69, 9.17) is 0 Å². The number of alkyl halides is 4. The minimum absolute atomic E-state index is 0.249. The number of fused-ring (bicyclic) bond motifs is 3. The van der Waals surface area contributed by atoms with E-state index in [1.54, 1.807) is 6.20 Å². The first-order valence-electron chi connectivity index (χ1n) is 12.2. The molecule has 9 heteroatoms. The highest BCUT2D eigenvalue weighted by Gasteiger charge is 2.42. The van der Waals surface area contributed by atoms with Crippen molar-refractivity contribution in [2.45, 2.75) is 50.5 Å². The fourth-order valence-electron chi connectivity index (χ4n) is 5.60. The lowest BCUT2D eigenvalue weighted by Crippen LogP contribution is -2.47. The average Bonchev–Trinajstić information content (AvgIpc) is 3.42. The lowest BCUT2D eigenvalue weighted by atomic mass is 9.90. The number of nitrogens with one attached hydrogen (secondary N) is 2. The maximum Gasteiger partial charge on any atom is 0.401 e. The maximum absolute atomic E-state index is 13.6. The number of rotatable bonds is 7. The molecule has 2 aliphatic rings. The third-order valence-corrected chi connectivity index (χ3v) is 7.20. The van der Waals surface area contributed by atoms with Gasteiger partial charge in [-0.3, -0.25) is 14.3 Å². The number of nitrogens with zero attached hydrogens (tertiary/aromatic N) is 3. The number of halogens is 4. The van der Waals surface area contributed by atoms with Crippen molar-refractivity contribution < 1.29 is 17.6 Å². The minimum Gasteiger partial charge on any atom is -0.380 e. The third-order valence-electron chi connectivity index (χ3n) is 7.20. The van der Waals surface area contributed by atoms with Gasteiger partial charge in [0.1, 0.15) is 0 Å². The largest absolute Gasteiger partial charge is 0.401 e. The number of hydrogen-bond donors (Lipinski definition) is 2. The Morgan fingerprint density at radius 3 is 2.74 bits per heavy atom. The zero-order chi connectivity index (χ0) is 24.6. The average molecular weight is 490 g/mol. The van der Waals surface area contributed by atoms with E-state index in [-0.39, 0.29) is 18.8 Å². The predicted molar refractivity (Wildman–Crippen MR) is 129 cm³/mol. The summed E-state index contributed by atoms with van der Waals surface area (Å²) in [5.41, 5.74) is 4.23. The predicted octanol–water partition coefficient (Wildman–Crippen LogP) is 5.31. The van der Waals surface area contributed by atoms with Gasteiger partial charge in [0.15, 0.2) is 0 Å². The van der Waals surface area contributed by atoms with E-state index in [9.17, 15) is 17.6 Å². The molecule has 0 saturated carbocycles. The van der Waals surface area contributed by atoms with Gasteiger partial charge in [0, 0.05) is 48.3 Å². The summed E-state index contributed by atoms with van der Waals surface area (Å²) in [5, 5.41) is 4.54. The zero-order valence-electron chi connectivity index (χ0n) is 19.8. The number of benzene rings is 1. The molecule has 3 aromatic rings. The van der Waals surface area contributed by atoms with Crippen molar-refractivity contribution in [1.82, 2.24) is 19.8 Å². The molecule has 0 amide bonds. The molecule has 0 bridgehead atoms. The number of H-pyrrole nitrogens is 1. The van der Waals surface area contributed by atoms with Gasteiger partial charge in [0.05, 0.1) is 36.8 Å². The first kappa shape index (κ1) is 24.1. The summed E-state index contributed by atoms with van der Waals surface area (Å²) in [6.45, 7) is 3.09. The Morgan fingerprint density at radius 2 is 2.00 bits per heavy atom. The maximum atomic E-state index is 13.6. The molecule has 1 fully saturated rings. The molecule has 35 heavy (non-hydrogen) atoms. The summed E-state index contributed by atoms with van der Waals surface area (Å²) in [6.07, 6.45) is -0.536. The molecule has 0 aliphatic carbocycles. The van der Waals surface area contributed by atoms with Crippen LogP contribution in [-0.2, 0) is 6.42 Å². The second-order valence-electron chi connectivity index (χ2n) is 9.75. The molecule has 2 aliphatic heterocycles. The van der Waals surface area contributed by atoms with Crippen molar-refractivity contribution in [1.29, 1.82) is 0 Å². The third kappa shape index (κ3) is 5.16. The van der Waals surface area contributed by atoms with Gasteiger partial charge in [0.25, 0.3) is 0 Å². The lowest BCUT2D eigenvalue weighted by Gasteiger charge is -2.40.